The number of likely N-dealkylation sites (N-methyl/N-ethyl adjacent to an activating group) is 1. The van der Waals surface area contributed by atoms with Gasteiger partial charge in [-0.3, -0.25) is 19.8 Å². The van der Waals surface area contributed by atoms with Crippen LogP contribution in [-0.4, -0.2) is 52.1 Å². The Morgan fingerprint density at radius 1 is 1.42 bits per heavy atom. The quantitative estimate of drug-likeness (QED) is 0.478. The second-order valence-electron chi connectivity index (χ2n) is 6.47. The normalized spacial score (nSPS) is 20.1. The minimum absolute atomic E-state index is 0.000143. The molecule has 1 aliphatic rings. The van der Waals surface area contributed by atoms with Gasteiger partial charge in [0.2, 0.25) is 0 Å². The van der Waals surface area contributed by atoms with Gasteiger partial charge in [0.1, 0.15) is 0 Å². The minimum Gasteiger partial charge on any atom is -0.480 e. The maximum absolute atomic E-state index is 12.1. The van der Waals surface area contributed by atoms with Crippen molar-refractivity contribution in [1.82, 2.24) is 15.5 Å². The Labute approximate surface area is 151 Å². The Morgan fingerprint density at radius 3 is 2.69 bits per heavy atom. The molecule has 0 spiro atoms. The first-order valence-corrected chi connectivity index (χ1v) is 8.57. The van der Waals surface area contributed by atoms with Gasteiger partial charge in [0.25, 0.3) is 5.69 Å². The number of carbonyl (C=O) groups excluding carboxylic acids is 1. The van der Waals surface area contributed by atoms with E-state index in [1.54, 1.807) is 19.1 Å². The molecule has 0 aromatic heterocycles. The summed E-state index contributed by atoms with van der Waals surface area (Å²) in [7, 11) is 0. The van der Waals surface area contributed by atoms with E-state index < -0.39 is 10.9 Å². The van der Waals surface area contributed by atoms with Crippen molar-refractivity contribution in [3.8, 4) is 0 Å². The van der Waals surface area contributed by atoms with Crippen molar-refractivity contribution in [2.24, 2.45) is 0 Å². The first-order chi connectivity index (χ1) is 12.3. The summed E-state index contributed by atoms with van der Waals surface area (Å²) in [6, 6.07) is 5.61. The second-order valence-corrected chi connectivity index (χ2v) is 6.47. The Kier molecular flexibility index (Phi) is 6.51. The van der Waals surface area contributed by atoms with Gasteiger partial charge >= 0.3 is 12.0 Å². The number of amides is 2. The van der Waals surface area contributed by atoms with E-state index in [0.717, 1.165) is 0 Å². The molecular weight excluding hydrogens is 340 g/mol. The molecular formula is C17H24N4O5. The number of hydrogen-bond donors (Lipinski definition) is 3. The summed E-state index contributed by atoms with van der Waals surface area (Å²) in [6.45, 7) is 4.33. The van der Waals surface area contributed by atoms with Crippen molar-refractivity contribution < 1.29 is 19.6 Å². The van der Waals surface area contributed by atoms with Crippen LogP contribution in [0.3, 0.4) is 0 Å². The van der Waals surface area contributed by atoms with Crippen LogP contribution in [0.2, 0.25) is 0 Å². The van der Waals surface area contributed by atoms with Crippen molar-refractivity contribution in [2.45, 2.75) is 44.8 Å². The lowest BCUT2D eigenvalue weighted by atomic mass is 9.85. The lowest BCUT2D eigenvalue weighted by Crippen LogP contribution is -2.56. The summed E-state index contributed by atoms with van der Waals surface area (Å²) in [5.41, 5.74) is 0.635. The van der Waals surface area contributed by atoms with Gasteiger partial charge in [0, 0.05) is 24.2 Å². The lowest BCUT2D eigenvalue weighted by Gasteiger charge is -2.42. The zero-order chi connectivity index (χ0) is 19.3. The van der Waals surface area contributed by atoms with Gasteiger partial charge in [-0.05, 0) is 31.9 Å². The van der Waals surface area contributed by atoms with Crippen molar-refractivity contribution >= 4 is 17.7 Å². The molecule has 1 aromatic carbocycles. The molecule has 1 aromatic rings. The number of benzene rings is 1. The highest BCUT2D eigenvalue weighted by Crippen LogP contribution is 2.25. The zero-order valence-electron chi connectivity index (χ0n) is 14.8. The summed E-state index contributed by atoms with van der Waals surface area (Å²) in [5, 5.41) is 25.4. The molecule has 2 amide bonds. The largest absolute Gasteiger partial charge is 0.480 e. The molecule has 9 nitrogen and oxygen atoms in total. The minimum atomic E-state index is -0.855. The van der Waals surface area contributed by atoms with E-state index in [0.29, 0.717) is 24.9 Å². The van der Waals surface area contributed by atoms with Crippen LogP contribution < -0.4 is 10.6 Å². The lowest BCUT2D eigenvalue weighted by molar-refractivity contribution is -0.384. The molecule has 0 saturated heterocycles. The van der Waals surface area contributed by atoms with Crippen LogP contribution in [0.4, 0.5) is 10.5 Å². The number of aliphatic carboxylic acids is 1. The van der Waals surface area contributed by atoms with E-state index in [1.165, 1.54) is 12.1 Å². The predicted molar refractivity (Wildman–Crippen MR) is 94.9 cm³/mol. The van der Waals surface area contributed by atoms with Crippen molar-refractivity contribution in [2.75, 3.05) is 13.1 Å². The van der Waals surface area contributed by atoms with Crippen molar-refractivity contribution in [1.29, 1.82) is 0 Å². The number of nitro benzene ring substituents is 1. The Balaban J connectivity index is 1.80. The highest BCUT2D eigenvalue weighted by Gasteiger charge is 2.34. The average molecular weight is 364 g/mol. The van der Waals surface area contributed by atoms with Gasteiger partial charge < -0.3 is 15.7 Å². The van der Waals surface area contributed by atoms with Gasteiger partial charge in [0.05, 0.1) is 17.5 Å². The summed E-state index contributed by atoms with van der Waals surface area (Å²) < 4.78 is 0. The topological polar surface area (TPSA) is 125 Å². The van der Waals surface area contributed by atoms with Gasteiger partial charge in [-0.1, -0.05) is 19.1 Å². The van der Waals surface area contributed by atoms with Crippen LogP contribution in [0.5, 0.6) is 0 Å². The number of carboxylic acids is 1. The van der Waals surface area contributed by atoms with Gasteiger partial charge in [-0.15, -0.1) is 0 Å². The number of nitrogens with one attached hydrogen (secondary N) is 2. The Morgan fingerprint density at radius 2 is 2.12 bits per heavy atom. The van der Waals surface area contributed by atoms with Gasteiger partial charge in [0.15, 0.2) is 0 Å². The SMILES string of the molecule is CCN(CC(=O)O)C1CC(NC(=O)NC(C)c2cccc([N+](=O)[O-])c2)C1. The molecule has 3 N–H and O–H groups in total. The smallest absolute Gasteiger partial charge is 0.317 e. The van der Waals surface area contributed by atoms with E-state index in [-0.39, 0.29) is 36.4 Å². The van der Waals surface area contributed by atoms with Crippen molar-refractivity contribution in [3.05, 3.63) is 39.9 Å². The van der Waals surface area contributed by atoms with E-state index >= 15 is 0 Å². The highest BCUT2D eigenvalue weighted by molar-refractivity contribution is 5.75. The molecule has 1 saturated carbocycles. The fraction of sp³-hybridized carbons (Fsp3) is 0.529. The van der Waals surface area contributed by atoms with Crippen LogP contribution >= 0.6 is 0 Å². The number of nitro groups is 1. The first kappa shape index (κ1) is 19.6. The molecule has 0 radical (unpaired) electrons. The van der Waals surface area contributed by atoms with Crippen molar-refractivity contribution in [3.63, 3.8) is 0 Å². The number of hydrogen-bond acceptors (Lipinski definition) is 5. The summed E-state index contributed by atoms with van der Waals surface area (Å²) in [4.78, 5) is 35.2. The molecule has 1 unspecified atom stereocenters. The van der Waals surface area contributed by atoms with Crippen LogP contribution in [0.25, 0.3) is 0 Å². The maximum atomic E-state index is 12.1. The monoisotopic (exact) mass is 364 g/mol. The third kappa shape index (κ3) is 5.16. The molecule has 9 heteroatoms. The Bertz CT molecular complexity index is 675. The maximum Gasteiger partial charge on any atom is 0.317 e. The molecule has 26 heavy (non-hydrogen) atoms. The summed E-state index contributed by atoms with van der Waals surface area (Å²) in [5.74, 6) is -0.855. The fourth-order valence-corrected chi connectivity index (χ4v) is 3.09. The molecule has 1 atom stereocenters. The summed E-state index contributed by atoms with van der Waals surface area (Å²) >= 11 is 0. The standard InChI is InChI=1S/C17H24N4O5/c1-3-20(10-16(22)23)15-8-13(9-15)19-17(24)18-11(2)12-5-4-6-14(7-12)21(25)26/h4-7,11,13,15H,3,8-10H2,1-2H3,(H,22,23)(H2,18,19,24). The molecule has 1 fully saturated rings. The Hall–Kier alpha value is -2.68. The van der Waals surface area contributed by atoms with Gasteiger partial charge in [-0.25, -0.2) is 4.79 Å². The van der Waals surface area contributed by atoms with E-state index in [2.05, 4.69) is 10.6 Å². The number of rotatable bonds is 8. The van der Waals surface area contributed by atoms with E-state index in [1.807, 2.05) is 11.8 Å². The zero-order valence-corrected chi connectivity index (χ0v) is 14.8. The molecule has 1 aliphatic carbocycles. The number of urea groups is 1. The third-order valence-electron chi connectivity index (χ3n) is 4.64. The number of non-ortho nitro benzene ring substituents is 1. The molecule has 142 valence electrons. The van der Waals surface area contributed by atoms with Crippen LogP contribution in [0.1, 0.15) is 38.3 Å². The summed E-state index contributed by atoms with van der Waals surface area (Å²) in [6.07, 6.45) is 1.42. The predicted octanol–water partition coefficient (Wildman–Crippen LogP) is 1.89. The first-order valence-electron chi connectivity index (χ1n) is 8.57. The van der Waals surface area contributed by atoms with Gasteiger partial charge in [-0.2, -0.15) is 0 Å². The van der Waals surface area contributed by atoms with Crippen LogP contribution in [0, 0.1) is 10.1 Å². The highest BCUT2D eigenvalue weighted by atomic mass is 16.6. The molecule has 2 rings (SSSR count). The molecule has 0 heterocycles. The fourth-order valence-electron chi connectivity index (χ4n) is 3.09. The van der Waals surface area contributed by atoms with E-state index in [9.17, 15) is 19.7 Å². The second kappa shape index (κ2) is 8.61. The molecule has 0 aliphatic heterocycles. The van der Waals surface area contributed by atoms with Crippen LogP contribution in [-0.2, 0) is 4.79 Å². The van der Waals surface area contributed by atoms with E-state index in [4.69, 9.17) is 5.11 Å². The van der Waals surface area contributed by atoms with Crippen LogP contribution in [0.15, 0.2) is 24.3 Å². The average Bonchev–Trinajstić information content (AvgIpc) is 2.55. The number of carbonyl (C=O) groups is 2. The third-order valence-corrected chi connectivity index (χ3v) is 4.64. The number of carboxylic acid groups (broad SMARTS) is 1. The molecule has 0 bridgehead atoms. The number of nitrogens with zero attached hydrogens (tertiary/aromatic N) is 2.